The summed E-state index contributed by atoms with van der Waals surface area (Å²) in [5.74, 6) is 1.27. The van der Waals surface area contributed by atoms with Crippen LogP contribution in [-0.4, -0.2) is 18.6 Å². The van der Waals surface area contributed by atoms with Gasteiger partial charge in [-0.05, 0) is 55.3 Å². The fourth-order valence-electron chi connectivity index (χ4n) is 3.89. The summed E-state index contributed by atoms with van der Waals surface area (Å²) >= 11 is 0. The van der Waals surface area contributed by atoms with Crippen LogP contribution < -0.4 is 14.8 Å². The van der Waals surface area contributed by atoms with Crippen LogP contribution in [0.3, 0.4) is 0 Å². The average Bonchev–Trinajstić information content (AvgIpc) is 2.65. The van der Waals surface area contributed by atoms with E-state index in [0.717, 1.165) is 27.6 Å². The molecule has 1 unspecified atom stereocenters. The molecular weight excluding hydrogens is 350 g/mol. The second kappa shape index (κ2) is 6.86. The van der Waals surface area contributed by atoms with Gasteiger partial charge in [-0.25, -0.2) is 0 Å². The molecule has 0 aliphatic carbocycles. The molecule has 0 fully saturated rings. The third-order valence-electron chi connectivity index (χ3n) is 5.24. The van der Waals surface area contributed by atoms with Gasteiger partial charge in [-0.15, -0.1) is 0 Å². The van der Waals surface area contributed by atoms with Gasteiger partial charge in [0.1, 0.15) is 17.1 Å². The number of hydrogen-bond donors (Lipinski definition) is 1. The Morgan fingerprint density at radius 2 is 1.82 bits per heavy atom. The fourth-order valence-corrected chi connectivity index (χ4v) is 3.89. The van der Waals surface area contributed by atoms with Gasteiger partial charge in [0.05, 0.1) is 18.7 Å². The Hall–Kier alpha value is -3.01. The predicted molar refractivity (Wildman–Crippen MR) is 111 cm³/mol. The van der Waals surface area contributed by atoms with Crippen molar-refractivity contribution in [3.05, 3.63) is 71.3 Å². The molecule has 1 aliphatic heterocycles. The van der Waals surface area contributed by atoms with Crippen LogP contribution in [0.4, 0.5) is 0 Å². The minimum absolute atomic E-state index is 0.122. The monoisotopic (exact) mass is 375 g/mol. The summed E-state index contributed by atoms with van der Waals surface area (Å²) in [6, 6.07) is 17.8. The first kappa shape index (κ1) is 18.4. The normalized spacial score (nSPS) is 17.5. The minimum Gasteiger partial charge on any atom is -0.496 e. The Balaban J connectivity index is 1.70. The van der Waals surface area contributed by atoms with Crippen molar-refractivity contribution in [1.82, 2.24) is 5.32 Å². The first-order valence-corrected chi connectivity index (χ1v) is 9.53. The maximum Gasteiger partial charge on any atom is 0.255 e. The molecule has 4 nitrogen and oxygen atoms in total. The van der Waals surface area contributed by atoms with Crippen molar-refractivity contribution in [1.29, 1.82) is 0 Å². The van der Waals surface area contributed by atoms with Gasteiger partial charge in [0.15, 0.2) is 0 Å². The molecule has 1 N–H and O–H groups in total. The molecule has 0 aromatic heterocycles. The quantitative estimate of drug-likeness (QED) is 0.685. The highest BCUT2D eigenvalue weighted by Crippen LogP contribution is 2.40. The van der Waals surface area contributed by atoms with Crippen molar-refractivity contribution in [2.45, 2.75) is 38.8 Å². The summed E-state index contributed by atoms with van der Waals surface area (Å²) in [6.45, 7) is 6.14. The molecule has 3 aromatic rings. The zero-order valence-corrected chi connectivity index (χ0v) is 16.7. The molecule has 1 atom stereocenters. The van der Waals surface area contributed by atoms with Crippen molar-refractivity contribution in [3.63, 3.8) is 0 Å². The van der Waals surface area contributed by atoms with Gasteiger partial charge < -0.3 is 14.8 Å². The van der Waals surface area contributed by atoms with E-state index in [1.54, 1.807) is 7.11 Å². The van der Waals surface area contributed by atoms with Crippen LogP contribution in [0.15, 0.2) is 54.6 Å². The molecule has 1 amide bonds. The van der Waals surface area contributed by atoms with Gasteiger partial charge in [0, 0.05) is 12.0 Å². The van der Waals surface area contributed by atoms with Crippen molar-refractivity contribution in [2.75, 3.05) is 7.11 Å². The van der Waals surface area contributed by atoms with E-state index in [2.05, 4.69) is 11.4 Å². The summed E-state index contributed by atoms with van der Waals surface area (Å²) in [4.78, 5) is 13.2. The van der Waals surface area contributed by atoms with E-state index in [-0.39, 0.29) is 17.6 Å². The van der Waals surface area contributed by atoms with Gasteiger partial charge in [0.25, 0.3) is 5.91 Å². The Morgan fingerprint density at radius 3 is 2.54 bits per heavy atom. The number of amides is 1. The third-order valence-corrected chi connectivity index (χ3v) is 5.24. The van der Waals surface area contributed by atoms with E-state index in [1.165, 1.54) is 0 Å². The number of benzene rings is 3. The molecule has 4 heteroatoms. The lowest BCUT2D eigenvalue weighted by Gasteiger charge is -2.38. The Bertz CT molecular complexity index is 1050. The predicted octanol–water partition coefficient (Wildman–Crippen LogP) is 5.19. The number of aryl methyl sites for hydroxylation is 1. The molecule has 0 saturated heterocycles. The Morgan fingerprint density at radius 1 is 1.11 bits per heavy atom. The Kier molecular flexibility index (Phi) is 4.50. The molecule has 28 heavy (non-hydrogen) atoms. The van der Waals surface area contributed by atoms with E-state index in [0.29, 0.717) is 17.7 Å². The summed E-state index contributed by atoms with van der Waals surface area (Å²) in [7, 11) is 1.59. The highest BCUT2D eigenvalue weighted by Gasteiger charge is 2.35. The molecule has 144 valence electrons. The number of methoxy groups -OCH3 is 1. The summed E-state index contributed by atoms with van der Waals surface area (Å²) < 4.78 is 11.6. The average molecular weight is 375 g/mol. The van der Waals surface area contributed by atoms with E-state index < -0.39 is 0 Å². The number of rotatable bonds is 3. The standard InChI is InChI=1S/C24H25NO3/c1-15-9-10-18-20(14-24(2,3)28-22(18)11-15)25-23(26)19-12-16-7-5-6-8-17(16)13-21(19)27-4/h5-13,20H,14H2,1-4H3,(H,25,26). The topological polar surface area (TPSA) is 47.6 Å². The summed E-state index contributed by atoms with van der Waals surface area (Å²) in [5, 5.41) is 5.26. The van der Waals surface area contributed by atoms with Gasteiger partial charge in [-0.2, -0.15) is 0 Å². The van der Waals surface area contributed by atoms with Crippen molar-refractivity contribution in [3.8, 4) is 11.5 Å². The highest BCUT2D eigenvalue weighted by molar-refractivity contribution is 6.01. The lowest BCUT2D eigenvalue weighted by molar-refractivity contribution is 0.0618. The van der Waals surface area contributed by atoms with Gasteiger partial charge in [-0.1, -0.05) is 36.4 Å². The van der Waals surface area contributed by atoms with Crippen LogP contribution >= 0.6 is 0 Å². The van der Waals surface area contributed by atoms with Gasteiger partial charge in [-0.3, -0.25) is 4.79 Å². The van der Waals surface area contributed by atoms with Gasteiger partial charge in [0.2, 0.25) is 0 Å². The third kappa shape index (κ3) is 3.42. The van der Waals surface area contributed by atoms with Crippen LogP contribution in [0.5, 0.6) is 11.5 Å². The van der Waals surface area contributed by atoms with E-state index in [9.17, 15) is 4.79 Å². The SMILES string of the molecule is COc1cc2ccccc2cc1C(=O)NC1CC(C)(C)Oc2cc(C)ccc21. The number of fused-ring (bicyclic) bond motifs is 2. The molecule has 4 rings (SSSR count). The number of carbonyl (C=O) groups is 1. The number of carbonyl (C=O) groups excluding carboxylic acids is 1. The first-order valence-electron chi connectivity index (χ1n) is 9.53. The first-order chi connectivity index (χ1) is 13.4. The Labute approximate surface area is 165 Å². The lowest BCUT2D eigenvalue weighted by Crippen LogP contribution is -2.41. The lowest BCUT2D eigenvalue weighted by atomic mass is 9.89. The maximum atomic E-state index is 13.2. The van der Waals surface area contributed by atoms with Crippen molar-refractivity contribution in [2.24, 2.45) is 0 Å². The molecule has 0 spiro atoms. The molecule has 1 aliphatic rings. The molecule has 3 aromatic carbocycles. The van der Waals surface area contributed by atoms with Crippen LogP contribution in [0.1, 0.15) is 47.8 Å². The van der Waals surface area contributed by atoms with E-state index >= 15 is 0 Å². The number of ether oxygens (including phenoxy) is 2. The van der Waals surface area contributed by atoms with Crippen LogP contribution in [0, 0.1) is 6.92 Å². The maximum absolute atomic E-state index is 13.2. The molecular formula is C24H25NO3. The smallest absolute Gasteiger partial charge is 0.255 e. The number of hydrogen-bond acceptors (Lipinski definition) is 3. The molecule has 0 radical (unpaired) electrons. The summed E-state index contributed by atoms with van der Waals surface area (Å²) in [5.41, 5.74) is 2.33. The van der Waals surface area contributed by atoms with E-state index in [4.69, 9.17) is 9.47 Å². The zero-order chi connectivity index (χ0) is 19.9. The largest absolute Gasteiger partial charge is 0.496 e. The summed E-state index contributed by atoms with van der Waals surface area (Å²) in [6.07, 6.45) is 0.699. The minimum atomic E-state index is -0.355. The van der Waals surface area contributed by atoms with Crippen molar-refractivity contribution >= 4 is 16.7 Å². The van der Waals surface area contributed by atoms with Gasteiger partial charge >= 0.3 is 0 Å². The van der Waals surface area contributed by atoms with Crippen LogP contribution in [0.25, 0.3) is 10.8 Å². The molecule has 1 heterocycles. The fraction of sp³-hybridized carbons (Fsp3) is 0.292. The van der Waals surface area contributed by atoms with Crippen LogP contribution in [0.2, 0.25) is 0 Å². The van der Waals surface area contributed by atoms with Crippen LogP contribution in [-0.2, 0) is 0 Å². The highest BCUT2D eigenvalue weighted by atomic mass is 16.5. The van der Waals surface area contributed by atoms with E-state index in [1.807, 2.05) is 69.3 Å². The second-order valence-electron chi connectivity index (χ2n) is 8.03. The second-order valence-corrected chi connectivity index (χ2v) is 8.03. The molecule has 0 saturated carbocycles. The van der Waals surface area contributed by atoms with Crippen molar-refractivity contribution < 1.29 is 14.3 Å². The molecule has 0 bridgehead atoms. The number of nitrogens with one attached hydrogen (secondary N) is 1. The zero-order valence-electron chi connectivity index (χ0n) is 16.7.